The van der Waals surface area contributed by atoms with Gasteiger partial charge >= 0.3 is 0 Å². The zero-order chi connectivity index (χ0) is 11.4. The lowest BCUT2D eigenvalue weighted by Gasteiger charge is -2.13. The van der Waals surface area contributed by atoms with Gasteiger partial charge in [0.25, 0.3) is 0 Å². The van der Waals surface area contributed by atoms with E-state index < -0.39 is 0 Å². The van der Waals surface area contributed by atoms with E-state index in [4.69, 9.17) is 0 Å². The van der Waals surface area contributed by atoms with Gasteiger partial charge in [-0.1, -0.05) is 0 Å². The Labute approximate surface area is 99.4 Å². The van der Waals surface area contributed by atoms with Crippen molar-refractivity contribution in [1.82, 2.24) is 19.9 Å². The maximum atomic E-state index is 4.23. The third-order valence-electron chi connectivity index (χ3n) is 2.50. The van der Waals surface area contributed by atoms with Gasteiger partial charge in [-0.2, -0.15) is 0 Å². The van der Waals surface area contributed by atoms with Crippen molar-refractivity contribution in [1.29, 1.82) is 0 Å². The predicted molar refractivity (Wildman–Crippen MR) is 65.4 cm³/mol. The average molecular weight is 236 g/mol. The van der Waals surface area contributed by atoms with E-state index in [0.29, 0.717) is 6.04 Å². The molecule has 0 spiro atoms. The summed E-state index contributed by atoms with van der Waals surface area (Å²) >= 11 is 1.71. The molecule has 4 nitrogen and oxygen atoms in total. The first-order chi connectivity index (χ1) is 7.75. The molecule has 86 valence electrons. The zero-order valence-electron chi connectivity index (χ0n) is 9.55. The number of imidazole rings is 1. The number of rotatable bonds is 5. The van der Waals surface area contributed by atoms with Crippen LogP contribution in [-0.4, -0.2) is 20.6 Å². The summed E-state index contributed by atoms with van der Waals surface area (Å²) in [6, 6.07) is 0.427. The van der Waals surface area contributed by atoms with Crippen LogP contribution in [-0.2, 0) is 13.1 Å². The van der Waals surface area contributed by atoms with Crippen molar-refractivity contribution >= 4 is 11.3 Å². The first kappa shape index (κ1) is 11.3. The van der Waals surface area contributed by atoms with Crippen LogP contribution in [0.25, 0.3) is 0 Å². The van der Waals surface area contributed by atoms with Crippen molar-refractivity contribution in [2.75, 3.05) is 0 Å². The van der Waals surface area contributed by atoms with Crippen LogP contribution in [0, 0.1) is 6.92 Å². The van der Waals surface area contributed by atoms with Crippen LogP contribution in [0.5, 0.6) is 0 Å². The van der Waals surface area contributed by atoms with E-state index in [1.165, 1.54) is 4.88 Å². The van der Waals surface area contributed by atoms with Gasteiger partial charge in [0.05, 0.1) is 17.5 Å². The minimum absolute atomic E-state index is 0.427. The molecule has 2 aromatic heterocycles. The highest BCUT2D eigenvalue weighted by atomic mass is 32.1. The molecular weight excluding hydrogens is 220 g/mol. The topological polar surface area (TPSA) is 42.7 Å². The summed E-state index contributed by atoms with van der Waals surface area (Å²) in [4.78, 5) is 9.58. The molecule has 0 aliphatic heterocycles. The lowest BCUT2D eigenvalue weighted by atomic mass is 10.3. The Balaban J connectivity index is 1.80. The minimum Gasteiger partial charge on any atom is -0.336 e. The zero-order valence-corrected chi connectivity index (χ0v) is 10.4. The molecule has 0 aliphatic rings. The molecule has 1 atom stereocenters. The Hall–Kier alpha value is -1.20. The van der Waals surface area contributed by atoms with Crippen LogP contribution in [0.3, 0.4) is 0 Å². The number of hydrogen-bond donors (Lipinski definition) is 1. The number of nitrogens with zero attached hydrogens (tertiary/aromatic N) is 3. The molecule has 2 aromatic rings. The van der Waals surface area contributed by atoms with E-state index in [2.05, 4.69) is 26.8 Å². The molecule has 0 fully saturated rings. The number of hydrogen-bond acceptors (Lipinski definition) is 4. The summed E-state index contributed by atoms with van der Waals surface area (Å²) in [5, 5.41) is 3.49. The quantitative estimate of drug-likeness (QED) is 0.861. The van der Waals surface area contributed by atoms with E-state index in [1.807, 2.05) is 25.0 Å². The van der Waals surface area contributed by atoms with Crippen molar-refractivity contribution in [3.05, 3.63) is 34.8 Å². The summed E-state index contributed by atoms with van der Waals surface area (Å²) in [7, 11) is 0. The molecule has 0 saturated carbocycles. The maximum Gasteiger partial charge on any atom is 0.0946 e. The van der Waals surface area contributed by atoms with Gasteiger partial charge in [-0.15, -0.1) is 11.3 Å². The Kier molecular flexibility index (Phi) is 3.69. The van der Waals surface area contributed by atoms with Crippen LogP contribution in [0.4, 0.5) is 0 Å². The number of nitrogens with one attached hydrogen (secondary N) is 1. The molecule has 0 bridgehead atoms. The van der Waals surface area contributed by atoms with Crippen LogP contribution in [0.2, 0.25) is 0 Å². The van der Waals surface area contributed by atoms with Crippen molar-refractivity contribution in [3.8, 4) is 0 Å². The molecule has 0 aromatic carbocycles. The predicted octanol–water partition coefficient (Wildman–Crippen LogP) is 1.83. The lowest BCUT2D eigenvalue weighted by molar-refractivity contribution is 0.477. The van der Waals surface area contributed by atoms with E-state index in [1.54, 1.807) is 17.5 Å². The van der Waals surface area contributed by atoms with Gasteiger partial charge in [-0.3, -0.25) is 0 Å². The second kappa shape index (κ2) is 5.23. The van der Waals surface area contributed by atoms with Crippen molar-refractivity contribution in [3.63, 3.8) is 0 Å². The highest BCUT2D eigenvalue weighted by Gasteiger charge is 2.05. The van der Waals surface area contributed by atoms with Crippen LogP contribution >= 0.6 is 11.3 Å². The van der Waals surface area contributed by atoms with Crippen LogP contribution in [0.15, 0.2) is 24.2 Å². The Morgan fingerprint density at radius 3 is 3.06 bits per heavy atom. The minimum atomic E-state index is 0.427. The monoisotopic (exact) mass is 236 g/mol. The SMILES string of the molecule is Cc1ncsc1CNC(C)Cn1ccnc1. The summed E-state index contributed by atoms with van der Waals surface area (Å²) in [5.41, 5.74) is 3.03. The maximum absolute atomic E-state index is 4.23. The van der Waals surface area contributed by atoms with E-state index in [-0.39, 0.29) is 0 Å². The van der Waals surface area contributed by atoms with Crippen LogP contribution < -0.4 is 5.32 Å². The number of aryl methyl sites for hydroxylation is 1. The second-order valence-corrected chi connectivity index (χ2v) is 4.84. The highest BCUT2D eigenvalue weighted by molar-refractivity contribution is 7.09. The molecule has 0 amide bonds. The van der Waals surface area contributed by atoms with Gasteiger partial charge in [-0.25, -0.2) is 9.97 Å². The van der Waals surface area contributed by atoms with Crippen LogP contribution in [0.1, 0.15) is 17.5 Å². The van der Waals surface area contributed by atoms with E-state index in [0.717, 1.165) is 18.8 Å². The molecule has 1 unspecified atom stereocenters. The molecule has 5 heteroatoms. The number of aromatic nitrogens is 3. The first-order valence-electron chi connectivity index (χ1n) is 5.34. The van der Waals surface area contributed by atoms with Gasteiger partial charge in [-0.05, 0) is 13.8 Å². The Morgan fingerprint density at radius 1 is 1.56 bits per heavy atom. The summed E-state index contributed by atoms with van der Waals surface area (Å²) in [5.74, 6) is 0. The summed E-state index contributed by atoms with van der Waals surface area (Å²) < 4.78 is 2.08. The van der Waals surface area contributed by atoms with Gasteiger partial charge in [0.2, 0.25) is 0 Å². The molecule has 2 rings (SSSR count). The fourth-order valence-electron chi connectivity index (χ4n) is 1.54. The van der Waals surface area contributed by atoms with E-state index >= 15 is 0 Å². The lowest BCUT2D eigenvalue weighted by Crippen LogP contribution is -2.29. The fourth-order valence-corrected chi connectivity index (χ4v) is 2.27. The smallest absolute Gasteiger partial charge is 0.0946 e. The molecule has 0 saturated heterocycles. The molecular formula is C11H16N4S. The molecule has 0 aliphatic carbocycles. The average Bonchev–Trinajstić information content (AvgIpc) is 2.87. The van der Waals surface area contributed by atoms with Gasteiger partial charge < -0.3 is 9.88 Å². The largest absolute Gasteiger partial charge is 0.336 e. The van der Waals surface area contributed by atoms with Crippen molar-refractivity contribution < 1.29 is 0 Å². The Bertz CT molecular complexity index is 421. The summed E-state index contributed by atoms with van der Waals surface area (Å²) in [6.07, 6.45) is 5.63. The molecule has 16 heavy (non-hydrogen) atoms. The summed E-state index contributed by atoms with van der Waals surface area (Å²) in [6.45, 7) is 6.06. The van der Waals surface area contributed by atoms with E-state index in [9.17, 15) is 0 Å². The fraction of sp³-hybridized carbons (Fsp3) is 0.455. The van der Waals surface area contributed by atoms with Gasteiger partial charge in [0.15, 0.2) is 0 Å². The second-order valence-electron chi connectivity index (χ2n) is 3.90. The standard InChI is InChI=1S/C11H16N4S/c1-9(6-15-4-3-12-7-15)13-5-11-10(2)14-8-16-11/h3-4,7-9,13H,5-6H2,1-2H3. The van der Waals surface area contributed by atoms with Gasteiger partial charge in [0, 0.05) is 36.4 Å². The van der Waals surface area contributed by atoms with Gasteiger partial charge in [0.1, 0.15) is 0 Å². The first-order valence-corrected chi connectivity index (χ1v) is 6.22. The highest BCUT2D eigenvalue weighted by Crippen LogP contribution is 2.11. The van der Waals surface area contributed by atoms with Crippen molar-refractivity contribution in [2.24, 2.45) is 0 Å². The molecule has 2 heterocycles. The number of thiazole rings is 1. The third kappa shape index (κ3) is 2.90. The molecule has 0 radical (unpaired) electrons. The Morgan fingerprint density at radius 2 is 2.44 bits per heavy atom. The van der Waals surface area contributed by atoms with Crippen molar-refractivity contribution in [2.45, 2.75) is 33.0 Å². The third-order valence-corrected chi connectivity index (χ3v) is 3.43. The molecule has 1 N–H and O–H groups in total. The normalized spacial score (nSPS) is 12.9.